The van der Waals surface area contributed by atoms with Crippen LogP contribution in [0.15, 0.2) is 0 Å². The normalized spacial score (nSPS) is 5.60. The van der Waals surface area contributed by atoms with Gasteiger partial charge in [0.25, 0.3) is 0 Å². The molecule has 0 atom stereocenters. The van der Waals surface area contributed by atoms with Crippen molar-refractivity contribution in [1.29, 1.82) is 0 Å². The summed E-state index contributed by atoms with van der Waals surface area (Å²) in [5.74, 6) is 0. The molecule has 0 saturated carbocycles. The molecule has 0 radical (unpaired) electrons. The van der Waals surface area contributed by atoms with Crippen LogP contribution in [0.25, 0.3) is 0 Å². The summed E-state index contributed by atoms with van der Waals surface area (Å²) in [7, 11) is 3.58. The molecule has 0 nitrogen and oxygen atoms in total. The second-order valence-corrected chi connectivity index (χ2v) is 7.25. The first-order chi connectivity index (χ1) is 1.91. The van der Waals surface area contributed by atoms with Gasteiger partial charge in [0.05, 0.1) is 0 Å². The Kier molecular flexibility index (Phi) is 21.2. The Bertz CT molecular complexity index is 6.85. The zero-order valence-corrected chi connectivity index (χ0v) is 9.70. The van der Waals surface area contributed by atoms with Crippen LogP contribution in [-0.4, -0.2) is 0 Å². The van der Waals surface area contributed by atoms with E-state index in [0.29, 0.717) is 0 Å². The van der Waals surface area contributed by atoms with Crippen molar-refractivity contribution in [1.82, 2.24) is 0 Å². The van der Waals surface area contributed by atoms with E-state index in [1.165, 1.54) is 0 Å². The van der Waals surface area contributed by atoms with Gasteiger partial charge in [0, 0.05) is 21.1 Å². The van der Waals surface area contributed by atoms with E-state index in [1.54, 1.807) is 17.0 Å². The van der Waals surface area contributed by atoms with Gasteiger partial charge in [-0.25, -0.2) is 0 Å². The summed E-state index contributed by atoms with van der Waals surface area (Å²) in [5, 5.41) is 0. The molecule has 0 saturated heterocycles. The van der Waals surface area contributed by atoms with Crippen LogP contribution in [0, 0.1) is 0 Å². The average Bonchev–Trinajstić information content (AvgIpc) is 1.37. The molecule has 0 spiro atoms. The molecule has 30 valence electrons. The Hall–Kier alpha value is 2.76. The second-order valence-electron chi connectivity index (χ2n) is 0.136. The molecule has 0 aromatic carbocycles. The molecule has 0 aliphatic heterocycles. The van der Waals surface area contributed by atoms with E-state index in [0.717, 1.165) is 0 Å². The fourth-order valence-electron chi connectivity index (χ4n) is 0. The van der Waals surface area contributed by atoms with E-state index in [-0.39, 0.29) is 21.1 Å². The van der Waals surface area contributed by atoms with Crippen LogP contribution in [0.4, 0.5) is 0 Å². The third-order valence-electron chi connectivity index (χ3n) is 0.0278. The fraction of sp³-hybridized carbons (Fsp3) is 0. The van der Waals surface area contributed by atoms with Crippen LogP contribution in [0.5, 0.6) is 0 Å². The van der Waals surface area contributed by atoms with Gasteiger partial charge in [-0.15, -0.1) is 0 Å². The molecule has 0 fully saturated rings. The number of hydrogen-bond acceptors (Lipinski definition) is 2. The topological polar surface area (TPSA) is 0 Å². The molecule has 0 aromatic rings. The van der Waals surface area contributed by atoms with E-state index < -0.39 is 0 Å². The molecule has 0 unspecified atom stereocenters. The van der Waals surface area contributed by atoms with E-state index in [1.807, 2.05) is 37.1 Å². The number of hydrogen-bond donors (Lipinski definition) is 0. The Balaban J connectivity index is 0. The van der Waals surface area contributed by atoms with Crippen LogP contribution in [0.1, 0.15) is 0 Å². The first-order valence-electron chi connectivity index (χ1n) is 0.500. The molecule has 0 heterocycles. The van der Waals surface area contributed by atoms with Crippen molar-refractivity contribution in [3.8, 4) is 0 Å². The summed E-state index contributed by atoms with van der Waals surface area (Å²) in [5.41, 5.74) is 0. The van der Waals surface area contributed by atoms with Crippen molar-refractivity contribution in [3.63, 3.8) is 0 Å². The Morgan fingerprint density at radius 3 is 1.20 bits per heavy atom. The molecular weight excluding hydrogens is 352 g/mol. The summed E-state index contributed by atoms with van der Waals surface area (Å²) < 4.78 is 0. The number of rotatable bonds is 1. The standard InChI is InChI=1S/3Mo.S2/c;;;1-2/q;2*+1;-2. The Morgan fingerprint density at radius 1 is 1.00 bits per heavy atom. The molecule has 0 aromatic heterocycles. The summed E-state index contributed by atoms with van der Waals surface area (Å²) >= 11 is 4.01. The van der Waals surface area contributed by atoms with Crippen molar-refractivity contribution in [3.05, 3.63) is 0 Å². The summed E-state index contributed by atoms with van der Waals surface area (Å²) in [6, 6.07) is 0. The molecule has 0 aliphatic carbocycles. The quantitative estimate of drug-likeness (QED) is 0.516. The Labute approximate surface area is 73.9 Å². The van der Waals surface area contributed by atoms with E-state index in [4.69, 9.17) is 0 Å². The molecule has 0 bridgehead atoms. The van der Waals surface area contributed by atoms with Crippen LogP contribution >= 0.6 is 17.0 Å². The van der Waals surface area contributed by atoms with Gasteiger partial charge >= 0.3 is 54.1 Å². The van der Waals surface area contributed by atoms with E-state index in [2.05, 4.69) is 0 Å². The van der Waals surface area contributed by atoms with E-state index >= 15 is 0 Å². The van der Waals surface area contributed by atoms with E-state index in [9.17, 15) is 0 Å². The monoisotopic (exact) mass is 358 g/mol. The van der Waals surface area contributed by atoms with Crippen molar-refractivity contribution >= 4 is 17.0 Å². The third-order valence-corrected chi connectivity index (χ3v) is 8.75. The van der Waals surface area contributed by atoms with Crippen LogP contribution in [-0.2, 0) is 58.1 Å². The van der Waals surface area contributed by atoms with Gasteiger partial charge in [-0.1, -0.05) is 0 Å². The fourth-order valence-corrected chi connectivity index (χ4v) is 0. The molecule has 0 N–H and O–H groups in total. The van der Waals surface area contributed by atoms with Gasteiger partial charge in [0.1, 0.15) is 0 Å². The predicted molar refractivity (Wildman–Crippen MR) is 15.2 cm³/mol. The first kappa shape index (κ1) is 10.7. The van der Waals surface area contributed by atoms with Gasteiger partial charge in [-0.2, -0.15) is 0 Å². The van der Waals surface area contributed by atoms with Gasteiger partial charge < -0.3 is 0 Å². The van der Waals surface area contributed by atoms with Crippen molar-refractivity contribution in [2.45, 2.75) is 0 Å². The first-order valence-corrected chi connectivity index (χ1v) is 7.42. The summed E-state index contributed by atoms with van der Waals surface area (Å²) in [6.07, 6.45) is 0. The SMILES string of the molecule is [Mo].[Mo][S][S][Mo]. The predicted octanol–water partition coefficient (Wildman–Crippen LogP) is 1.29. The van der Waals surface area contributed by atoms with Gasteiger partial charge in [-0.05, 0) is 0 Å². The average molecular weight is 352 g/mol. The minimum absolute atomic E-state index is 0. The molecule has 5 heavy (non-hydrogen) atoms. The molecule has 0 amide bonds. The van der Waals surface area contributed by atoms with Crippen LogP contribution < -0.4 is 0 Å². The van der Waals surface area contributed by atoms with Crippen LogP contribution in [0.3, 0.4) is 0 Å². The van der Waals surface area contributed by atoms with Crippen LogP contribution in [0.2, 0.25) is 0 Å². The molecule has 0 rings (SSSR count). The third kappa shape index (κ3) is 10.8. The van der Waals surface area contributed by atoms with Crippen molar-refractivity contribution in [2.24, 2.45) is 0 Å². The Morgan fingerprint density at radius 2 is 1.20 bits per heavy atom. The van der Waals surface area contributed by atoms with Crippen molar-refractivity contribution in [2.75, 3.05) is 0 Å². The zero-order chi connectivity index (χ0) is 3.41. The maximum atomic E-state index is 2.01. The minimum atomic E-state index is 0. The molecule has 0 aliphatic rings. The second kappa shape index (κ2) is 9.90. The zero-order valence-electron chi connectivity index (χ0n) is 2.04. The van der Waals surface area contributed by atoms with Crippen molar-refractivity contribution < 1.29 is 58.1 Å². The maximum absolute atomic E-state index is 2.01. The van der Waals surface area contributed by atoms with Gasteiger partial charge in [0.15, 0.2) is 0 Å². The van der Waals surface area contributed by atoms with Gasteiger partial charge in [-0.3, -0.25) is 0 Å². The van der Waals surface area contributed by atoms with Gasteiger partial charge in [0.2, 0.25) is 0 Å². The molecular formula is Mo3S2. The summed E-state index contributed by atoms with van der Waals surface area (Å²) in [6.45, 7) is 0. The summed E-state index contributed by atoms with van der Waals surface area (Å²) in [4.78, 5) is 0. The molecule has 5 heteroatoms.